The third-order valence-corrected chi connectivity index (χ3v) is 28.1. The number of aryl methyl sites for hydroxylation is 5. The molecule has 5 aliphatic heterocycles. The van der Waals surface area contributed by atoms with Crippen LogP contribution in [0.2, 0.25) is 0 Å². The van der Waals surface area contributed by atoms with Gasteiger partial charge in [0.25, 0.3) is 0 Å². The normalized spacial score (nSPS) is 31.7. The first-order chi connectivity index (χ1) is 53.8. The van der Waals surface area contributed by atoms with Gasteiger partial charge in [-0.05, 0) is 291 Å². The summed E-state index contributed by atoms with van der Waals surface area (Å²) in [4.78, 5) is 16.3. The van der Waals surface area contributed by atoms with E-state index >= 15 is 0 Å². The molecule has 3 saturated heterocycles. The lowest BCUT2D eigenvalue weighted by atomic mass is 9.43. The molecule has 106 heavy (non-hydrogen) atoms. The number of hydrogen-bond donors (Lipinski definition) is 0. The Morgan fingerprint density at radius 1 is 0.406 bits per heavy atom. The van der Waals surface area contributed by atoms with Crippen LogP contribution >= 0.6 is 0 Å². The zero-order valence-corrected chi connectivity index (χ0v) is 68.1. The maximum Gasteiger partial charge on any atom is 0.158 e. The second-order valence-electron chi connectivity index (χ2n) is 36.6. The molecule has 9 aromatic rings. The molecule has 2 aromatic heterocycles. The molecule has 7 heteroatoms. The first-order valence-corrected chi connectivity index (χ1v) is 40.4. The lowest BCUT2D eigenvalue weighted by molar-refractivity contribution is -0.113. The minimum atomic E-state index is -2.46. The molecule has 5 saturated carbocycles. The average Bonchev–Trinajstić information content (AvgIpc) is 1.51. The third kappa shape index (κ3) is 12.8. The summed E-state index contributed by atoms with van der Waals surface area (Å²) in [5, 5.41) is 1.95. The van der Waals surface area contributed by atoms with Crippen LogP contribution in [0.5, 0.6) is 0 Å². The highest BCUT2D eigenvalue weighted by Crippen LogP contribution is 2.70. The van der Waals surface area contributed by atoms with Crippen LogP contribution in [0.1, 0.15) is 252 Å². The molecule has 7 heterocycles. The van der Waals surface area contributed by atoms with E-state index < -0.39 is 54.0 Å². The largest absolute Gasteiger partial charge is 0.454 e. The van der Waals surface area contributed by atoms with Crippen molar-refractivity contribution in [2.24, 2.45) is 39.9 Å². The second-order valence-corrected chi connectivity index (χ2v) is 36.6. The molecule has 2 spiro atoms. The zero-order valence-electron chi connectivity index (χ0n) is 77.1. The van der Waals surface area contributed by atoms with E-state index in [1.807, 2.05) is 67.4 Å². The van der Waals surface area contributed by atoms with Crippen molar-refractivity contribution in [2.45, 2.75) is 293 Å². The summed E-state index contributed by atoms with van der Waals surface area (Å²) in [5.74, 6) is 3.99. The van der Waals surface area contributed by atoms with Gasteiger partial charge in [0.15, 0.2) is 5.58 Å². The van der Waals surface area contributed by atoms with Crippen LogP contribution in [0.15, 0.2) is 180 Å². The molecule has 4 bridgehead atoms. The van der Waals surface area contributed by atoms with Crippen LogP contribution < -0.4 is 24.5 Å². The van der Waals surface area contributed by atoms with Gasteiger partial charge in [0, 0.05) is 121 Å². The summed E-state index contributed by atoms with van der Waals surface area (Å²) in [6, 6.07) is 59.9. The molecule has 1 unspecified atom stereocenters. The zero-order chi connectivity index (χ0) is 83.5. The first kappa shape index (κ1) is 64.5. The highest BCUT2D eigenvalue weighted by molar-refractivity contribution is 6.09. The van der Waals surface area contributed by atoms with Crippen molar-refractivity contribution in [2.75, 3.05) is 24.5 Å². The van der Waals surface area contributed by atoms with E-state index in [2.05, 4.69) is 263 Å². The number of rotatable bonds is 5. The van der Waals surface area contributed by atoms with E-state index in [4.69, 9.17) is 14.0 Å². The van der Waals surface area contributed by atoms with Crippen LogP contribution in [0, 0.1) is 74.5 Å². The van der Waals surface area contributed by atoms with E-state index in [-0.39, 0.29) is 33.7 Å². The maximum absolute atomic E-state index is 9.52. The monoisotopic (exact) mass is 1430 g/mol. The minimum Gasteiger partial charge on any atom is -0.454 e. The number of nitrogens with zero attached hydrogens (tertiary/aromatic N) is 6. The van der Waals surface area contributed by atoms with Gasteiger partial charge in [0.05, 0.1) is 5.69 Å². The van der Waals surface area contributed by atoms with Crippen LogP contribution in [0.3, 0.4) is 0 Å². The van der Waals surface area contributed by atoms with Crippen molar-refractivity contribution in [3.05, 3.63) is 215 Å². The fourth-order valence-electron chi connectivity index (χ4n) is 22.5. The van der Waals surface area contributed by atoms with Crippen molar-refractivity contribution >= 4 is 61.9 Å². The lowest BCUT2D eigenvalue weighted by Crippen LogP contribution is -2.57. The summed E-state index contributed by atoms with van der Waals surface area (Å²) in [6.07, 6.45) is 9.71. The predicted octanol–water partition coefficient (Wildman–Crippen LogP) is 26.5. The van der Waals surface area contributed by atoms with Gasteiger partial charge < -0.3 is 28.9 Å². The molecule has 0 N–H and O–H groups in total. The Bertz CT molecular complexity index is 4940. The molecular weight excluding hydrogens is 1290 g/mol. The summed E-state index contributed by atoms with van der Waals surface area (Å²) in [6.45, 7) is 42.2. The van der Waals surface area contributed by atoms with Gasteiger partial charge in [0.2, 0.25) is 0 Å². The topological polar surface area (TPSA) is 42.2 Å². The SMILES string of the molecule is Cc1ccccc1N1c2ccccc2C(C)(C)[C@@H]1C.Cc1ccccc1N1c2ncccc2C(C)(C)[C@@H]1C.[2H]C([2H])([2H])C1(C)[C@H](C)N(c2c(C)ccc3c2oc2ccccc23)C(C)(C)C1([2H])[2H].[2H]C1([2H])C2(C3CC4CC(C3)CC2C4)[C@H](C)N(c2ccccc2C)C1(C)C.[2H]C1([2H])C2(CCCCC2)[C@H](C)N(c2ccccc2C)C1(C)C. The number of hydrogen-bond acceptors (Lipinski definition) is 7. The van der Waals surface area contributed by atoms with Gasteiger partial charge in [-0.15, -0.1) is 0 Å². The fraction of sp³-hybridized carbons (Fsp3) is 0.525. The molecule has 7 aromatic carbocycles. The van der Waals surface area contributed by atoms with Crippen molar-refractivity contribution < 1.29 is 16.8 Å². The van der Waals surface area contributed by atoms with Crippen LogP contribution in [0.25, 0.3) is 21.9 Å². The number of furan rings is 1. The van der Waals surface area contributed by atoms with Crippen molar-refractivity contribution in [3.63, 3.8) is 0 Å². The molecule has 8 fully saturated rings. The van der Waals surface area contributed by atoms with Crippen molar-refractivity contribution in [1.82, 2.24) is 4.98 Å². The van der Waals surface area contributed by atoms with Crippen LogP contribution in [0.4, 0.5) is 39.9 Å². The Labute approximate surface area is 653 Å². The summed E-state index contributed by atoms with van der Waals surface area (Å²) in [5.41, 5.74) is 13.8. The van der Waals surface area contributed by atoms with Gasteiger partial charge >= 0.3 is 0 Å². The summed E-state index contributed by atoms with van der Waals surface area (Å²) >= 11 is 0. The molecule has 0 radical (unpaired) electrons. The fourth-order valence-corrected chi connectivity index (χ4v) is 22.5. The quantitative estimate of drug-likeness (QED) is 0.170. The number of para-hydroxylation sites is 6. The molecule has 7 nitrogen and oxygen atoms in total. The van der Waals surface area contributed by atoms with Gasteiger partial charge in [-0.3, -0.25) is 0 Å². The van der Waals surface area contributed by atoms with E-state index in [9.17, 15) is 2.74 Å². The van der Waals surface area contributed by atoms with E-state index in [1.54, 1.807) is 20.8 Å². The van der Waals surface area contributed by atoms with E-state index in [0.29, 0.717) is 29.5 Å². The van der Waals surface area contributed by atoms with Gasteiger partial charge in [-0.25, -0.2) is 4.98 Å². The van der Waals surface area contributed by atoms with Crippen molar-refractivity contribution in [1.29, 1.82) is 0 Å². The minimum absolute atomic E-state index is 0.117. The van der Waals surface area contributed by atoms with E-state index in [1.165, 1.54) is 113 Å². The Balaban J connectivity index is 0.000000120. The molecule has 10 aliphatic rings. The average molecular weight is 1430 g/mol. The smallest absolute Gasteiger partial charge is 0.158 e. The van der Waals surface area contributed by atoms with Gasteiger partial charge in [-0.1, -0.05) is 188 Å². The molecule has 19 rings (SSSR count). The number of anilines is 7. The maximum atomic E-state index is 9.52. The Hall–Kier alpha value is -7.51. The van der Waals surface area contributed by atoms with Crippen LogP contribution in [-0.2, 0) is 10.8 Å². The molecule has 5 aliphatic carbocycles. The lowest BCUT2D eigenvalue weighted by Gasteiger charge is -2.62. The highest BCUT2D eigenvalue weighted by Gasteiger charge is 2.66. The van der Waals surface area contributed by atoms with E-state index in [0.717, 1.165) is 58.1 Å². The second kappa shape index (κ2) is 27.9. The molecule has 0 amide bonds. The van der Waals surface area contributed by atoms with Crippen LogP contribution in [-0.4, -0.2) is 51.8 Å². The number of benzene rings is 7. The first-order valence-electron chi connectivity index (χ1n) is 44.9. The molecule has 562 valence electrons. The third-order valence-electron chi connectivity index (χ3n) is 28.1. The van der Waals surface area contributed by atoms with Gasteiger partial charge in [0.1, 0.15) is 11.4 Å². The molecule has 6 atom stereocenters. The summed E-state index contributed by atoms with van der Waals surface area (Å²) < 4.78 is 85.8. The number of pyridine rings is 1. The highest BCUT2D eigenvalue weighted by atomic mass is 16.3. The molecular formula is C99H130N6O. The van der Waals surface area contributed by atoms with Gasteiger partial charge in [-0.2, -0.15) is 0 Å². The summed E-state index contributed by atoms with van der Waals surface area (Å²) in [7, 11) is 0. The standard InChI is InChI=1S/C23H33N.C22H27NO.C19H29N.C18H21N.C17H20N2/c1-15-7-5-6-8-21(15)24-16(2)23(14-22(24,3)4)19-10-17-9-18(12-19)13-20(23)11-17;1-14-11-12-17-16-9-7-8-10-18(16)24-20(17)19(14)23-15(2)21(3,4)13-22(23,5)6;1-15-10-6-7-11-17(15)20-16(2)19(14-18(20,3)4)12-8-5-9-13-19;1-13-9-5-7-11-16(13)19-14(2)18(3,4)15-10-6-8-12-17(15)19;1-12-8-5-6-10-15(12)19-13(2)17(3,4)14-9-7-11-18-16(14)19/h5-8,16-20H,9-14H2,1-4H3;7-12,15H,13H2,1-6H3;6-7,10-11,16H,5,8-9,12-14H2,1-4H3;5-12,14H,1-4H3;5-11,13H,1-4H3/t16-,17?,18?,19?,20?,23?;15-;16-;14-;13-/m00000/s1/i14D2;3D3,13D2;14D2;;/tm;15-,21?;m;;. The predicted molar refractivity (Wildman–Crippen MR) is 454 cm³/mol. The Kier molecular flexibility index (Phi) is 16.9. The number of aromatic nitrogens is 1. The number of fused-ring (bicyclic) bond motifs is 5. The van der Waals surface area contributed by atoms with Crippen molar-refractivity contribution in [3.8, 4) is 0 Å². The Morgan fingerprint density at radius 2 is 0.868 bits per heavy atom. The Morgan fingerprint density at radius 3 is 1.42 bits per heavy atom.